The lowest BCUT2D eigenvalue weighted by Crippen LogP contribution is -2.54. The van der Waals surface area contributed by atoms with Crippen molar-refractivity contribution in [2.75, 3.05) is 20.1 Å². The molecule has 0 bridgehead atoms. The van der Waals surface area contributed by atoms with Crippen molar-refractivity contribution in [2.24, 2.45) is 4.99 Å². The molecule has 0 radical (unpaired) electrons. The maximum Gasteiger partial charge on any atom is 0.412 e. The highest BCUT2D eigenvalue weighted by Gasteiger charge is 2.49. The number of guanidine groups is 1. The van der Waals surface area contributed by atoms with Crippen LogP contribution >= 0.6 is 0 Å². The Morgan fingerprint density at radius 2 is 1.96 bits per heavy atom. The summed E-state index contributed by atoms with van der Waals surface area (Å²) in [6, 6.07) is -0.143. The summed E-state index contributed by atoms with van der Waals surface area (Å²) in [5.74, 6) is 0.720. The van der Waals surface area contributed by atoms with Crippen molar-refractivity contribution >= 4 is 12.1 Å². The topological polar surface area (TPSA) is 75.2 Å². The molecule has 1 heterocycles. The quantitative estimate of drug-likeness (QED) is 0.606. The van der Waals surface area contributed by atoms with Gasteiger partial charge in [-0.05, 0) is 48.0 Å². The molecular weight excluding hydrogens is 308 g/mol. The van der Waals surface area contributed by atoms with Crippen LogP contribution in [-0.4, -0.2) is 60.6 Å². The van der Waals surface area contributed by atoms with Gasteiger partial charge in [0.05, 0.1) is 12.1 Å². The summed E-state index contributed by atoms with van der Waals surface area (Å²) in [6.45, 7) is 14.8. The van der Waals surface area contributed by atoms with E-state index in [9.17, 15) is 4.79 Å². The monoisotopic (exact) mass is 342 g/mol. The Hall–Kier alpha value is -1.50. The summed E-state index contributed by atoms with van der Waals surface area (Å²) >= 11 is 0. The summed E-state index contributed by atoms with van der Waals surface area (Å²) in [7, 11) is 1.73. The average Bonchev–Trinajstić information content (AvgIpc) is 2.66. The van der Waals surface area contributed by atoms with E-state index < -0.39 is 11.3 Å². The van der Waals surface area contributed by atoms with E-state index in [2.05, 4.69) is 22.5 Å². The lowest BCUT2D eigenvalue weighted by molar-refractivity contribution is -0.0755. The van der Waals surface area contributed by atoms with Crippen LogP contribution in [0.15, 0.2) is 4.99 Å². The number of aliphatic imine (C=N–C) groups is 1. The van der Waals surface area contributed by atoms with Crippen LogP contribution in [0.4, 0.5) is 4.79 Å². The number of hydrogen-bond donors (Lipinski definition) is 2. The molecule has 2 atom stereocenters. The Bertz CT molecular complexity index is 457. The molecule has 0 aromatic rings. The molecule has 24 heavy (non-hydrogen) atoms. The summed E-state index contributed by atoms with van der Waals surface area (Å²) in [5, 5.41) is 6.50. The van der Waals surface area contributed by atoms with Gasteiger partial charge in [0.15, 0.2) is 5.96 Å². The van der Waals surface area contributed by atoms with Crippen molar-refractivity contribution in [2.45, 2.75) is 78.4 Å². The Labute approximate surface area is 146 Å². The number of carbonyl (C=O) groups is 1. The molecule has 1 rings (SSSR count). The van der Waals surface area contributed by atoms with E-state index in [1.54, 1.807) is 11.9 Å². The minimum atomic E-state index is -0.714. The summed E-state index contributed by atoms with van der Waals surface area (Å²) < 4.78 is 11.5. The number of nitrogens with zero attached hydrogens (tertiary/aromatic N) is 2. The first-order valence-corrected chi connectivity index (χ1v) is 8.66. The van der Waals surface area contributed by atoms with Gasteiger partial charge in [0, 0.05) is 20.1 Å². The molecule has 0 spiro atoms. The second-order valence-electron chi connectivity index (χ2n) is 7.57. The van der Waals surface area contributed by atoms with Gasteiger partial charge in [-0.15, -0.1) is 0 Å². The molecule has 2 N–H and O–H groups in total. The largest absolute Gasteiger partial charge is 0.444 e. The van der Waals surface area contributed by atoms with Gasteiger partial charge in [0.1, 0.15) is 11.3 Å². The second kappa shape index (κ2) is 8.05. The SMILES string of the molecule is CCCNC(=NC)NCC1C(C)OC(C)(C)N1C(=O)OC(C)(C)C. The Balaban J connectivity index is 2.83. The van der Waals surface area contributed by atoms with Crippen molar-refractivity contribution in [3.63, 3.8) is 0 Å². The first-order valence-electron chi connectivity index (χ1n) is 8.66. The van der Waals surface area contributed by atoms with Crippen molar-refractivity contribution < 1.29 is 14.3 Å². The lowest BCUT2D eigenvalue weighted by atomic mass is 10.1. The number of ether oxygens (including phenoxy) is 2. The van der Waals surface area contributed by atoms with Crippen molar-refractivity contribution in [3.05, 3.63) is 0 Å². The standard InChI is InChI=1S/C17H34N4O3/c1-9-10-19-14(18-8)20-11-13-12(2)23-17(6,7)21(13)15(22)24-16(3,4)5/h12-13H,9-11H2,1-8H3,(H2,18,19,20). The van der Waals surface area contributed by atoms with Crippen LogP contribution in [0.2, 0.25) is 0 Å². The van der Waals surface area contributed by atoms with Crippen molar-refractivity contribution in [3.8, 4) is 0 Å². The fourth-order valence-corrected chi connectivity index (χ4v) is 2.79. The lowest BCUT2D eigenvalue weighted by Gasteiger charge is -2.35. The number of hydrogen-bond acceptors (Lipinski definition) is 4. The van der Waals surface area contributed by atoms with Crippen LogP contribution in [0, 0.1) is 0 Å². The highest BCUT2D eigenvalue weighted by Crippen LogP contribution is 2.33. The molecule has 140 valence electrons. The van der Waals surface area contributed by atoms with E-state index in [0.29, 0.717) is 6.54 Å². The molecule has 0 aromatic heterocycles. The molecular formula is C17H34N4O3. The van der Waals surface area contributed by atoms with Gasteiger partial charge in [-0.2, -0.15) is 0 Å². The zero-order chi connectivity index (χ0) is 18.5. The summed E-state index contributed by atoms with van der Waals surface area (Å²) in [5.41, 5.74) is -1.26. The second-order valence-corrected chi connectivity index (χ2v) is 7.57. The van der Waals surface area contributed by atoms with Crippen molar-refractivity contribution in [1.29, 1.82) is 0 Å². The molecule has 2 unspecified atom stereocenters. The minimum absolute atomic E-state index is 0.107. The molecule has 7 nitrogen and oxygen atoms in total. The van der Waals surface area contributed by atoms with Crippen LogP contribution in [0.25, 0.3) is 0 Å². The maximum absolute atomic E-state index is 12.7. The van der Waals surface area contributed by atoms with Crippen LogP contribution in [0.1, 0.15) is 54.9 Å². The Morgan fingerprint density at radius 1 is 1.33 bits per heavy atom. The molecule has 1 amide bonds. The number of amides is 1. The van der Waals surface area contributed by atoms with E-state index in [-0.39, 0.29) is 18.2 Å². The molecule has 0 saturated carbocycles. The van der Waals surface area contributed by atoms with Gasteiger partial charge in [-0.3, -0.25) is 9.89 Å². The third-order valence-corrected chi connectivity index (χ3v) is 3.76. The Kier molecular flexibility index (Phi) is 6.89. The minimum Gasteiger partial charge on any atom is -0.444 e. The predicted molar refractivity (Wildman–Crippen MR) is 96.1 cm³/mol. The van der Waals surface area contributed by atoms with Gasteiger partial charge >= 0.3 is 6.09 Å². The van der Waals surface area contributed by atoms with E-state index in [1.807, 2.05) is 41.5 Å². The van der Waals surface area contributed by atoms with Gasteiger partial charge in [-0.25, -0.2) is 4.79 Å². The average molecular weight is 342 g/mol. The first kappa shape index (κ1) is 20.5. The Morgan fingerprint density at radius 3 is 2.46 bits per heavy atom. The van der Waals surface area contributed by atoms with Crippen molar-refractivity contribution in [1.82, 2.24) is 15.5 Å². The van der Waals surface area contributed by atoms with Gasteiger partial charge in [0.2, 0.25) is 0 Å². The van der Waals surface area contributed by atoms with Crippen LogP contribution in [-0.2, 0) is 9.47 Å². The zero-order valence-electron chi connectivity index (χ0n) is 16.4. The van der Waals surface area contributed by atoms with E-state index in [0.717, 1.165) is 18.9 Å². The van der Waals surface area contributed by atoms with Gasteiger partial charge < -0.3 is 20.1 Å². The molecule has 1 saturated heterocycles. The zero-order valence-corrected chi connectivity index (χ0v) is 16.4. The summed E-state index contributed by atoms with van der Waals surface area (Å²) in [4.78, 5) is 18.5. The van der Waals surface area contributed by atoms with Gasteiger partial charge in [0.25, 0.3) is 0 Å². The molecule has 1 aliphatic rings. The van der Waals surface area contributed by atoms with Gasteiger partial charge in [-0.1, -0.05) is 6.92 Å². The number of carbonyl (C=O) groups excluding carboxylic acids is 1. The molecule has 7 heteroatoms. The number of nitrogens with one attached hydrogen (secondary N) is 2. The normalized spacial score (nSPS) is 24.0. The molecule has 1 aliphatic heterocycles. The first-order chi connectivity index (χ1) is 11.0. The van der Waals surface area contributed by atoms with Crippen LogP contribution in [0.3, 0.4) is 0 Å². The van der Waals surface area contributed by atoms with Crippen LogP contribution in [0.5, 0.6) is 0 Å². The fraction of sp³-hybridized carbons (Fsp3) is 0.882. The third-order valence-electron chi connectivity index (χ3n) is 3.76. The fourth-order valence-electron chi connectivity index (χ4n) is 2.79. The maximum atomic E-state index is 12.7. The predicted octanol–water partition coefficient (Wildman–Crippen LogP) is 2.32. The summed E-state index contributed by atoms with van der Waals surface area (Å²) in [6.07, 6.45) is 0.546. The van der Waals surface area contributed by atoms with E-state index in [4.69, 9.17) is 9.47 Å². The van der Waals surface area contributed by atoms with Crippen LogP contribution < -0.4 is 10.6 Å². The smallest absolute Gasteiger partial charge is 0.412 e. The highest BCUT2D eigenvalue weighted by atomic mass is 16.6. The molecule has 0 aromatic carbocycles. The van der Waals surface area contributed by atoms with E-state index >= 15 is 0 Å². The molecule has 0 aliphatic carbocycles. The number of rotatable bonds is 4. The third kappa shape index (κ3) is 5.54. The molecule has 1 fully saturated rings. The highest BCUT2D eigenvalue weighted by molar-refractivity contribution is 5.79. The van der Waals surface area contributed by atoms with E-state index in [1.165, 1.54) is 0 Å².